The molecule has 2 fully saturated rings. The Bertz CT molecular complexity index is 1040. The molecule has 0 radical (unpaired) electrons. The van der Waals surface area contributed by atoms with Gasteiger partial charge in [0.1, 0.15) is 34.0 Å². The van der Waals surface area contributed by atoms with Crippen molar-refractivity contribution in [1.82, 2.24) is 0 Å². The Hall–Kier alpha value is -2.34. The van der Waals surface area contributed by atoms with Crippen molar-refractivity contribution >= 4 is 17.6 Å². The second-order valence-corrected chi connectivity index (χ2v) is 9.90. The molecule has 0 aromatic heterocycles. The van der Waals surface area contributed by atoms with Gasteiger partial charge in [0.15, 0.2) is 0 Å². The Balaban J connectivity index is 1.45. The van der Waals surface area contributed by atoms with Crippen molar-refractivity contribution in [3.63, 3.8) is 0 Å². The summed E-state index contributed by atoms with van der Waals surface area (Å²) in [5.41, 5.74) is -0.363. The van der Waals surface area contributed by atoms with Crippen LogP contribution in [0.4, 0.5) is 17.6 Å². The molecule has 34 heavy (non-hydrogen) atoms. The van der Waals surface area contributed by atoms with E-state index in [2.05, 4.69) is 6.58 Å². The van der Waals surface area contributed by atoms with E-state index in [1.54, 1.807) is 0 Å². The highest BCUT2D eigenvalue weighted by molar-refractivity contribution is 6.30. The van der Waals surface area contributed by atoms with Crippen molar-refractivity contribution in [2.75, 3.05) is 0 Å². The molecular weight excluding hydrogens is 468 g/mol. The van der Waals surface area contributed by atoms with Crippen LogP contribution in [-0.4, -0.2) is 5.97 Å². The molecule has 0 bridgehead atoms. The van der Waals surface area contributed by atoms with Crippen LogP contribution >= 0.6 is 11.6 Å². The van der Waals surface area contributed by atoms with Crippen LogP contribution in [0.15, 0.2) is 36.9 Å². The van der Waals surface area contributed by atoms with Gasteiger partial charge in [-0.05, 0) is 80.8 Å². The van der Waals surface area contributed by atoms with E-state index in [0.29, 0.717) is 24.2 Å². The fourth-order valence-electron chi connectivity index (χ4n) is 5.71. The van der Waals surface area contributed by atoms with E-state index in [0.717, 1.165) is 62.8 Å². The quantitative estimate of drug-likeness (QED) is 0.132. The Kier molecular flexibility index (Phi) is 7.66. The van der Waals surface area contributed by atoms with Gasteiger partial charge in [-0.1, -0.05) is 24.1 Å². The zero-order chi connectivity index (χ0) is 24.4. The monoisotopic (exact) mass is 494 g/mol. The molecule has 2 aromatic carbocycles. The minimum Gasteiger partial charge on any atom is -0.423 e. The van der Waals surface area contributed by atoms with Gasteiger partial charge in [0, 0.05) is 17.7 Å². The molecule has 2 aliphatic rings. The van der Waals surface area contributed by atoms with Crippen LogP contribution in [-0.2, 0) is 0 Å². The number of allylic oxidation sites excluding steroid dienone is 1. The highest BCUT2D eigenvalue weighted by Crippen LogP contribution is 2.49. The normalized spacial score (nSPS) is 24.4. The third-order valence-electron chi connectivity index (χ3n) is 7.39. The number of carbonyl (C=O) groups excluding carboxylic acids is 1. The van der Waals surface area contributed by atoms with Crippen molar-refractivity contribution in [3.05, 3.63) is 76.3 Å². The number of fused-ring (bicyclic) bond motifs is 1. The van der Waals surface area contributed by atoms with Gasteiger partial charge in [0.25, 0.3) is 0 Å². The summed E-state index contributed by atoms with van der Waals surface area (Å²) in [6, 6.07) is 3.33. The second kappa shape index (κ2) is 10.5. The predicted octanol–water partition coefficient (Wildman–Crippen LogP) is 8.38. The molecule has 2 aliphatic carbocycles. The van der Waals surface area contributed by atoms with Crippen LogP contribution in [0.3, 0.4) is 0 Å². The van der Waals surface area contributed by atoms with E-state index in [1.165, 1.54) is 6.42 Å². The largest absolute Gasteiger partial charge is 0.423 e. The van der Waals surface area contributed by atoms with Gasteiger partial charge in [-0.2, -0.15) is 0 Å². The summed E-state index contributed by atoms with van der Waals surface area (Å²) in [4.78, 5) is 12.4. The second-order valence-electron chi connectivity index (χ2n) is 9.52. The number of benzene rings is 2. The maximum Gasteiger partial charge on any atom is 0.343 e. The molecule has 0 N–H and O–H groups in total. The summed E-state index contributed by atoms with van der Waals surface area (Å²) in [6.07, 6.45) is 9.91. The molecule has 0 amide bonds. The van der Waals surface area contributed by atoms with Crippen LogP contribution in [0.2, 0.25) is 5.02 Å². The predicted molar refractivity (Wildman–Crippen MR) is 123 cm³/mol. The van der Waals surface area contributed by atoms with Crippen molar-refractivity contribution < 1.29 is 27.1 Å². The highest BCUT2D eigenvalue weighted by Gasteiger charge is 2.37. The fraction of sp³-hybridized carbons (Fsp3) is 0.444. The molecule has 0 heterocycles. The number of hydrogen-bond donors (Lipinski definition) is 0. The highest BCUT2D eigenvalue weighted by atomic mass is 35.5. The molecule has 2 saturated carbocycles. The fourth-order valence-corrected chi connectivity index (χ4v) is 5.82. The van der Waals surface area contributed by atoms with Gasteiger partial charge in [-0.25, -0.2) is 22.4 Å². The van der Waals surface area contributed by atoms with Crippen LogP contribution in [0.5, 0.6) is 5.75 Å². The molecule has 4 atom stereocenters. The van der Waals surface area contributed by atoms with Crippen molar-refractivity contribution in [2.24, 2.45) is 17.8 Å². The maximum absolute atomic E-state index is 15.0. The van der Waals surface area contributed by atoms with E-state index in [9.17, 15) is 13.6 Å². The molecule has 4 rings (SSSR count). The Morgan fingerprint density at radius 1 is 0.941 bits per heavy atom. The third kappa shape index (κ3) is 5.32. The van der Waals surface area contributed by atoms with Gasteiger partial charge >= 0.3 is 5.97 Å². The number of ether oxygens (including phenoxy) is 1. The van der Waals surface area contributed by atoms with E-state index >= 15 is 8.78 Å². The van der Waals surface area contributed by atoms with E-state index in [-0.39, 0.29) is 17.0 Å². The first-order chi connectivity index (χ1) is 16.3. The van der Waals surface area contributed by atoms with Crippen LogP contribution < -0.4 is 4.74 Å². The zero-order valence-corrected chi connectivity index (χ0v) is 19.5. The molecule has 4 unspecified atom stereocenters. The molecular formula is C27H27ClF4O2. The zero-order valence-electron chi connectivity index (χ0n) is 18.8. The first-order valence-electron chi connectivity index (χ1n) is 11.7. The number of hydrogen-bond acceptors (Lipinski definition) is 2. The first kappa shape index (κ1) is 24.8. The molecule has 7 heteroatoms. The standard InChI is InChI=1S/C27H27ClF4O2/c1-2-3-4-15-5-6-17-10-18(8-7-16(17)9-15)25-21(29)11-19(12-22(25)30)27(33)34-20-13-23(31)26(28)24(32)14-20/h2,11-18H,1,3-10H2. The smallest absolute Gasteiger partial charge is 0.343 e. The van der Waals surface area contributed by atoms with Crippen LogP contribution in [0, 0.1) is 41.0 Å². The molecule has 2 nitrogen and oxygen atoms in total. The maximum atomic E-state index is 15.0. The summed E-state index contributed by atoms with van der Waals surface area (Å²) in [6.45, 7) is 3.80. The third-order valence-corrected chi connectivity index (χ3v) is 7.75. The lowest BCUT2D eigenvalue weighted by molar-refractivity contribution is 0.0732. The van der Waals surface area contributed by atoms with Gasteiger partial charge in [-0.3, -0.25) is 0 Å². The first-order valence-corrected chi connectivity index (χ1v) is 12.1. The number of rotatable bonds is 6. The lowest BCUT2D eigenvalue weighted by atomic mass is 9.63. The van der Waals surface area contributed by atoms with Crippen LogP contribution in [0.1, 0.15) is 73.2 Å². The van der Waals surface area contributed by atoms with Crippen molar-refractivity contribution in [1.29, 1.82) is 0 Å². The number of carbonyl (C=O) groups is 1. The molecule has 0 aliphatic heterocycles. The Labute approximate surface area is 202 Å². The number of esters is 1. The number of halogens is 5. The minimum atomic E-state index is -1.12. The lowest BCUT2D eigenvalue weighted by Crippen LogP contribution is -2.31. The SMILES string of the molecule is C=CCCC1CCC2CC(c3c(F)cc(C(=O)Oc4cc(F)c(Cl)c(F)c4)cc3F)CCC2C1. The topological polar surface area (TPSA) is 26.3 Å². The molecule has 0 saturated heterocycles. The van der Waals surface area contributed by atoms with Gasteiger partial charge in [-0.15, -0.1) is 6.58 Å². The van der Waals surface area contributed by atoms with Crippen molar-refractivity contribution in [3.8, 4) is 5.75 Å². The average Bonchev–Trinajstić information content (AvgIpc) is 2.80. The average molecular weight is 495 g/mol. The summed E-state index contributed by atoms with van der Waals surface area (Å²) < 4.78 is 62.1. The summed E-state index contributed by atoms with van der Waals surface area (Å²) >= 11 is 5.41. The summed E-state index contributed by atoms with van der Waals surface area (Å²) in [5, 5.41) is -0.735. The molecule has 182 valence electrons. The van der Waals surface area contributed by atoms with E-state index in [1.807, 2.05) is 6.08 Å². The molecule has 0 spiro atoms. The van der Waals surface area contributed by atoms with E-state index in [4.69, 9.17) is 16.3 Å². The lowest BCUT2D eigenvalue weighted by Gasteiger charge is -2.42. The van der Waals surface area contributed by atoms with Crippen LogP contribution in [0.25, 0.3) is 0 Å². The van der Waals surface area contributed by atoms with Crippen molar-refractivity contribution in [2.45, 2.75) is 57.3 Å². The minimum absolute atomic E-state index is 0.00682. The van der Waals surface area contributed by atoms with E-state index < -0.39 is 40.0 Å². The Morgan fingerprint density at radius 3 is 2.21 bits per heavy atom. The molecule has 2 aromatic rings. The van der Waals surface area contributed by atoms with Gasteiger partial charge in [0.2, 0.25) is 0 Å². The van der Waals surface area contributed by atoms with Gasteiger partial charge in [0.05, 0.1) is 5.56 Å². The summed E-state index contributed by atoms with van der Waals surface area (Å²) in [7, 11) is 0. The Morgan fingerprint density at radius 2 is 1.56 bits per heavy atom. The summed E-state index contributed by atoms with van der Waals surface area (Å²) in [5.74, 6) is -3.87. The van der Waals surface area contributed by atoms with Gasteiger partial charge < -0.3 is 4.74 Å².